The summed E-state index contributed by atoms with van der Waals surface area (Å²) >= 11 is 0. The highest BCUT2D eigenvalue weighted by molar-refractivity contribution is 14.0. The van der Waals surface area contributed by atoms with Gasteiger partial charge in [-0.1, -0.05) is 0 Å². The van der Waals surface area contributed by atoms with Crippen LogP contribution in [0.3, 0.4) is 0 Å². The Bertz CT molecular complexity index is 370. The van der Waals surface area contributed by atoms with Gasteiger partial charge in [-0.15, -0.1) is 24.0 Å². The van der Waals surface area contributed by atoms with Gasteiger partial charge in [-0.3, -0.25) is 9.79 Å². The molecular weight excluding hydrogens is 383 g/mol. The molecule has 0 radical (unpaired) electrons. The standard InChI is InChI=1S/C14H26N4O2.HI/c1-15-14(16-8-13(19)17(2)3)18-6-4-11(9-18)12-5-7-20-10-12;/h11-12H,4-10H2,1-3H3,(H,15,16);1H. The molecule has 0 aromatic heterocycles. The van der Waals surface area contributed by atoms with Crippen molar-refractivity contribution in [2.45, 2.75) is 12.8 Å². The van der Waals surface area contributed by atoms with Crippen LogP contribution in [0.5, 0.6) is 0 Å². The van der Waals surface area contributed by atoms with Crippen LogP contribution in [0.25, 0.3) is 0 Å². The largest absolute Gasteiger partial charge is 0.381 e. The Labute approximate surface area is 144 Å². The minimum Gasteiger partial charge on any atom is -0.381 e. The fraction of sp³-hybridized carbons (Fsp3) is 0.857. The van der Waals surface area contributed by atoms with E-state index in [0.717, 1.165) is 32.3 Å². The number of nitrogens with one attached hydrogen (secondary N) is 1. The van der Waals surface area contributed by atoms with Gasteiger partial charge in [-0.05, 0) is 24.7 Å². The van der Waals surface area contributed by atoms with Crippen LogP contribution in [0, 0.1) is 11.8 Å². The van der Waals surface area contributed by atoms with E-state index in [1.54, 1.807) is 26.0 Å². The van der Waals surface area contributed by atoms with E-state index in [2.05, 4.69) is 15.2 Å². The van der Waals surface area contributed by atoms with Crippen molar-refractivity contribution in [2.75, 3.05) is 54.0 Å². The van der Waals surface area contributed by atoms with Crippen LogP contribution in [0.4, 0.5) is 0 Å². The van der Waals surface area contributed by atoms with Crippen LogP contribution in [0.15, 0.2) is 4.99 Å². The first kappa shape index (κ1) is 18.5. The topological polar surface area (TPSA) is 57.2 Å². The molecular formula is C14H27IN4O2. The number of hydrogen-bond acceptors (Lipinski definition) is 3. The molecule has 122 valence electrons. The number of likely N-dealkylation sites (tertiary alicyclic amines) is 1. The van der Waals surface area contributed by atoms with E-state index in [-0.39, 0.29) is 29.9 Å². The van der Waals surface area contributed by atoms with Crippen molar-refractivity contribution in [3.05, 3.63) is 0 Å². The smallest absolute Gasteiger partial charge is 0.241 e. The van der Waals surface area contributed by atoms with Crippen molar-refractivity contribution in [1.82, 2.24) is 15.1 Å². The molecule has 2 aliphatic rings. The van der Waals surface area contributed by atoms with Gasteiger partial charge in [0.15, 0.2) is 5.96 Å². The number of likely N-dealkylation sites (N-methyl/N-ethyl adjacent to an activating group) is 1. The Balaban J connectivity index is 0.00000220. The molecule has 2 fully saturated rings. The average Bonchev–Trinajstić information content (AvgIpc) is 3.09. The van der Waals surface area contributed by atoms with E-state index in [1.165, 1.54) is 12.8 Å². The van der Waals surface area contributed by atoms with Gasteiger partial charge in [0.25, 0.3) is 0 Å². The molecule has 2 aliphatic heterocycles. The minimum absolute atomic E-state index is 0. The van der Waals surface area contributed by atoms with E-state index in [9.17, 15) is 4.79 Å². The molecule has 0 aromatic carbocycles. The van der Waals surface area contributed by atoms with Gasteiger partial charge in [0, 0.05) is 47.4 Å². The first-order chi connectivity index (χ1) is 9.61. The molecule has 0 spiro atoms. The maximum atomic E-state index is 11.6. The highest BCUT2D eigenvalue weighted by Crippen LogP contribution is 2.29. The lowest BCUT2D eigenvalue weighted by Crippen LogP contribution is -2.44. The Hall–Kier alpha value is -0.570. The van der Waals surface area contributed by atoms with Crippen molar-refractivity contribution < 1.29 is 9.53 Å². The quantitative estimate of drug-likeness (QED) is 0.421. The number of aliphatic imine (C=N–C) groups is 1. The number of halogens is 1. The first-order valence-corrected chi connectivity index (χ1v) is 7.35. The van der Waals surface area contributed by atoms with Gasteiger partial charge in [0.05, 0.1) is 6.54 Å². The summed E-state index contributed by atoms with van der Waals surface area (Å²) in [5, 5.41) is 3.16. The molecule has 21 heavy (non-hydrogen) atoms. The molecule has 2 saturated heterocycles. The van der Waals surface area contributed by atoms with Crippen molar-refractivity contribution in [2.24, 2.45) is 16.8 Å². The summed E-state index contributed by atoms with van der Waals surface area (Å²) in [7, 11) is 5.30. The predicted octanol–water partition coefficient (Wildman–Crippen LogP) is 0.626. The Morgan fingerprint density at radius 2 is 2.14 bits per heavy atom. The second-order valence-electron chi connectivity index (χ2n) is 5.81. The third-order valence-electron chi connectivity index (χ3n) is 4.26. The van der Waals surface area contributed by atoms with Crippen molar-refractivity contribution in [3.8, 4) is 0 Å². The Morgan fingerprint density at radius 3 is 2.71 bits per heavy atom. The van der Waals surface area contributed by atoms with Gasteiger partial charge in [-0.2, -0.15) is 0 Å². The second kappa shape index (κ2) is 8.77. The molecule has 0 saturated carbocycles. The van der Waals surface area contributed by atoms with Crippen molar-refractivity contribution >= 4 is 35.8 Å². The summed E-state index contributed by atoms with van der Waals surface area (Å²) in [4.78, 5) is 19.8. The fourth-order valence-electron chi connectivity index (χ4n) is 2.93. The molecule has 1 N–H and O–H groups in total. The van der Waals surface area contributed by atoms with Crippen LogP contribution in [-0.2, 0) is 9.53 Å². The number of nitrogens with zero attached hydrogens (tertiary/aromatic N) is 3. The highest BCUT2D eigenvalue weighted by Gasteiger charge is 2.33. The monoisotopic (exact) mass is 410 g/mol. The van der Waals surface area contributed by atoms with E-state index in [0.29, 0.717) is 18.4 Å². The third-order valence-corrected chi connectivity index (χ3v) is 4.26. The summed E-state index contributed by atoms with van der Waals surface area (Å²) in [6, 6.07) is 0. The summed E-state index contributed by atoms with van der Waals surface area (Å²) in [6.45, 7) is 4.14. The van der Waals surface area contributed by atoms with Crippen molar-refractivity contribution in [3.63, 3.8) is 0 Å². The van der Waals surface area contributed by atoms with Crippen LogP contribution >= 0.6 is 24.0 Å². The molecule has 2 heterocycles. The summed E-state index contributed by atoms with van der Waals surface area (Å²) in [5.74, 6) is 2.29. The lowest BCUT2D eigenvalue weighted by atomic mass is 9.91. The van der Waals surface area contributed by atoms with E-state index < -0.39 is 0 Å². The first-order valence-electron chi connectivity index (χ1n) is 7.35. The van der Waals surface area contributed by atoms with Crippen molar-refractivity contribution in [1.29, 1.82) is 0 Å². The number of hydrogen-bond donors (Lipinski definition) is 1. The molecule has 2 atom stereocenters. The molecule has 0 aliphatic carbocycles. The summed E-state index contributed by atoms with van der Waals surface area (Å²) in [5.41, 5.74) is 0. The molecule has 1 amide bonds. The number of guanidine groups is 1. The van der Waals surface area contributed by atoms with Crippen LogP contribution in [0.2, 0.25) is 0 Å². The maximum absolute atomic E-state index is 11.6. The maximum Gasteiger partial charge on any atom is 0.241 e. The molecule has 0 bridgehead atoms. The zero-order valence-electron chi connectivity index (χ0n) is 13.2. The minimum atomic E-state index is 0. The van der Waals surface area contributed by atoms with Gasteiger partial charge in [0.1, 0.15) is 0 Å². The fourth-order valence-corrected chi connectivity index (χ4v) is 2.93. The molecule has 2 rings (SSSR count). The number of rotatable bonds is 3. The summed E-state index contributed by atoms with van der Waals surface area (Å²) in [6.07, 6.45) is 2.38. The Morgan fingerprint density at radius 1 is 1.38 bits per heavy atom. The molecule has 7 heteroatoms. The van der Waals surface area contributed by atoms with Gasteiger partial charge < -0.3 is 19.9 Å². The lowest BCUT2D eigenvalue weighted by molar-refractivity contribution is -0.127. The van der Waals surface area contributed by atoms with E-state index >= 15 is 0 Å². The molecule has 6 nitrogen and oxygen atoms in total. The zero-order valence-corrected chi connectivity index (χ0v) is 15.5. The summed E-state index contributed by atoms with van der Waals surface area (Å²) < 4.78 is 5.48. The molecule has 2 unspecified atom stereocenters. The zero-order chi connectivity index (χ0) is 14.5. The SMILES string of the molecule is CN=C(NCC(=O)N(C)C)N1CCC(C2CCOC2)C1.I. The van der Waals surface area contributed by atoms with Gasteiger partial charge in [-0.25, -0.2) is 0 Å². The van der Waals surface area contributed by atoms with Crippen LogP contribution < -0.4 is 5.32 Å². The number of carbonyl (C=O) groups excluding carboxylic acids is 1. The van der Waals surface area contributed by atoms with Gasteiger partial charge in [0.2, 0.25) is 5.91 Å². The predicted molar refractivity (Wildman–Crippen MR) is 94.1 cm³/mol. The number of ether oxygens (including phenoxy) is 1. The lowest BCUT2D eigenvalue weighted by Gasteiger charge is -2.23. The number of amides is 1. The van der Waals surface area contributed by atoms with E-state index in [1.807, 2.05) is 0 Å². The van der Waals surface area contributed by atoms with Gasteiger partial charge >= 0.3 is 0 Å². The second-order valence-corrected chi connectivity index (χ2v) is 5.81. The van der Waals surface area contributed by atoms with Crippen LogP contribution in [-0.4, -0.2) is 75.7 Å². The van der Waals surface area contributed by atoms with Crippen LogP contribution in [0.1, 0.15) is 12.8 Å². The normalized spacial score (nSPS) is 25.7. The Kier molecular flexibility index (Phi) is 7.72. The number of carbonyl (C=O) groups is 1. The average molecular weight is 410 g/mol. The third kappa shape index (κ3) is 4.98. The van der Waals surface area contributed by atoms with E-state index in [4.69, 9.17) is 4.74 Å². The molecule has 0 aromatic rings. The highest BCUT2D eigenvalue weighted by atomic mass is 127.